The Morgan fingerprint density at radius 3 is 2.32 bits per heavy atom. The van der Waals surface area contributed by atoms with Gasteiger partial charge in [0.05, 0.1) is 7.11 Å². The van der Waals surface area contributed by atoms with Gasteiger partial charge < -0.3 is 20.5 Å². The molecule has 0 radical (unpaired) electrons. The van der Waals surface area contributed by atoms with Crippen molar-refractivity contribution in [3.05, 3.63) is 24.3 Å². The van der Waals surface area contributed by atoms with E-state index in [0.29, 0.717) is 11.4 Å². The Morgan fingerprint density at radius 1 is 1.26 bits per heavy atom. The van der Waals surface area contributed by atoms with Crippen LogP contribution in [-0.4, -0.2) is 31.1 Å². The van der Waals surface area contributed by atoms with Gasteiger partial charge in [-0.3, -0.25) is 9.59 Å². The lowest BCUT2D eigenvalue weighted by molar-refractivity contribution is -0.147. The molecule has 104 valence electrons. The molecule has 6 nitrogen and oxygen atoms in total. The van der Waals surface area contributed by atoms with Crippen LogP contribution in [0.2, 0.25) is 0 Å². The maximum Gasteiger partial charge on any atom is 0.302 e. The number of hydrogen-bond acceptors (Lipinski definition) is 5. The molecule has 6 heteroatoms. The fraction of sp³-hybridized carbons (Fsp3) is 0.385. The molecule has 0 bridgehead atoms. The molecule has 1 aromatic carbocycles. The first-order valence-corrected chi connectivity index (χ1v) is 5.81. The van der Waals surface area contributed by atoms with Crippen molar-refractivity contribution in [2.75, 3.05) is 12.4 Å². The molecule has 1 rings (SSSR count). The third-order valence-corrected chi connectivity index (χ3v) is 2.52. The highest BCUT2D eigenvalue weighted by Gasteiger charge is 2.23. The Hall–Kier alpha value is -2.08. The van der Waals surface area contributed by atoms with Gasteiger partial charge in [-0.05, 0) is 31.2 Å². The molecule has 0 saturated heterocycles. The molecular weight excluding hydrogens is 248 g/mol. The highest BCUT2D eigenvalue weighted by Crippen LogP contribution is 2.15. The molecule has 3 N–H and O–H groups in total. The molecule has 0 aliphatic heterocycles. The van der Waals surface area contributed by atoms with Gasteiger partial charge in [-0.1, -0.05) is 0 Å². The number of hydrogen-bond donors (Lipinski definition) is 2. The summed E-state index contributed by atoms with van der Waals surface area (Å²) in [6, 6.07) is 5.90. The lowest BCUT2D eigenvalue weighted by atomic mass is 10.1. The zero-order valence-corrected chi connectivity index (χ0v) is 11.2. The number of rotatable bonds is 5. The van der Waals surface area contributed by atoms with Gasteiger partial charge in [0.15, 0.2) is 0 Å². The van der Waals surface area contributed by atoms with Gasteiger partial charge in [0.2, 0.25) is 5.91 Å². The van der Waals surface area contributed by atoms with Crippen LogP contribution in [0.1, 0.15) is 13.8 Å². The van der Waals surface area contributed by atoms with E-state index in [9.17, 15) is 9.59 Å². The smallest absolute Gasteiger partial charge is 0.302 e. The topological polar surface area (TPSA) is 90.7 Å². The van der Waals surface area contributed by atoms with Crippen molar-refractivity contribution < 1.29 is 19.1 Å². The average molecular weight is 266 g/mol. The van der Waals surface area contributed by atoms with Crippen LogP contribution in [-0.2, 0) is 14.3 Å². The summed E-state index contributed by atoms with van der Waals surface area (Å²) in [5, 5.41) is 2.64. The lowest BCUT2D eigenvalue weighted by Crippen LogP contribution is -2.45. The van der Waals surface area contributed by atoms with Gasteiger partial charge >= 0.3 is 5.97 Å². The number of ether oxygens (including phenoxy) is 2. The van der Waals surface area contributed by atoms with Crippen LogP contribution < -0.4 is 15.8 Å². The normalized spacial score (nSPS) is 13.3. The second kappa shape index (κ2) is 6.75. The number of nitrogens with one attached hydrogen (secondary N) is 1. The summed E-state index contributed by atoms with van der Waals surface area (Å²) in [7, 11) is 1.56. The fourth-order valence-electron chi connectivity index (χ4n) is 1.45. The Labute approximate surface area is 111 Å². The molecule has 0 spiro atoms. The maximum absolute atomic E-state index is 11.8. The van der Waals surface area contributed by atoms with Gasteiger partial charge in [0, 0.05) is 12.6 Å². The molecule has 19 heavy (non-hydrogen) atoms. The summed E-state index contributed by atoms with van der Waals surface area (Å²) in [5.41, 5.74) is 6.29. The number of benzene rings is 1. The van der Waals surface area contributed by atoms with Crippen molar-refractivity contribution >= 4 is 17.6 Å². The van der Waals surface area contributed by atoms with Crippen LogP contribution >= 0.6 is 0 Å². The van der Waals surface area contributed by atoms with E-state index in [1.54, 1.807) is 38.3 Å². The summed E-state index contributed by atoms with van der Waals surface area (Å²) in [5.74, 6) is -0.199. The van der Waals surface area contributed by atoms with Gasteiger partial charge in [0.1, 0.15) is 17.9 Å². The zero-order valence-electron chi connectivity index (χ0n) is 11.2. The molecule has 0 aromatic heterocycles. The van der Waals surface area contributed by atoms with E-state index in [-0.39, 0.29) is 0 Å². The van der Waals surface area contributed by atoms with E-state index in [1.165, 1.54) is 6.92 Å². The maximum atomic E-state index is 11.8. The molecule has 0 aliphatic rings. The highest BCUT2D eigenvalue weighted by molar-refractivity contribution is 5.95. The third-order valence-electron chi connectivity index (χ3n) is 2.52. The number of esters is 1. The second-order valence-electron chi connectivity index (χ2n) is 4.06. The number of carbonyl (C=O) groups is 2. The first-order valence-electron chi connectivity index (χ1n) is 5.81. The van der Waals surface area contributed by atoms with Crippen molar-refractivity contribution in [1.29, 1.82) is 0 Å². The number of nitrogens with two attached hydrogens (primary N) is 1. The quantitative estimate of drug-likeness (QED) is 0.773. The Balaban J connectivity index is 2.60. The first kappa shape index (κ1) is 15.0. The van der Waals surface area contributed by atoms with E-state index in [4.69, 9.17) is 15.2 Å². The number of carbonyl (C=O) groups excluding carboxylic acids is 2. The molecule has 1 amide bonds. The van der Waals surface area contributed by atoms with E-state index in [1.807, 2.05) is 0 Å². The van der Waals surface area contributed by atoms with Crippen molar-refractivity contribution in [1.82, 2.24) is 0 Å². The van der Waals surface area contributed by atoms with Gasteiger partial charge in [-0.2, -0.15) is 0 Å². The van der Waals surface area contributed by atoms with Crippen molar-refractivity contribution in [2.45, 2.75) is 26.0 Å². The minimum atomic E-state index is -0.925. The Morgan fingerprint density at radius 2 is 1.84 bits per heavy atom. The molecular formula is C13H18N2O4. The van der Waals surface area contributed by atoms with Crippen molar-refractivity contribution in [3.63, 3.8) is 0 Å². The third kappa shape index (κ3) is 4.59. The van der Waals surface area contributed by atoms with Gasteiger partial charge in [-0.25, -0.2) is 0 Å². The predicted molar refractivity (Wildman–Crippen MR) is 70.8 cm³/mol. The highest BCUT2D eigenvalue weighted by atomic mass is 16.5. The molecule has 0 fully saturated rings. The molecule has 2 unspecified atom stereocenters. The number of amides is 1. The van der Waals surface area contributed by atoms with Crippen LogP contribution in [0.5, 0.6) is 5.75 Å². The zero-order chi connectivity index (χ0) is 14.4. The molecule has 2 atom stereocenters. The molecule has 0 heterocycles. The summed E-state index contributed by atoms with van der Waals surface area (Å²) in [4.78, 5) is 22.6. The van der Waals surface area contributed by atoms with Gasteiger partial charge in [0.25, 0.3) is 0 Å². The van der Waals surface area contributed by atoms with Crippen LogP contribution in [0.4, 0.5) is 5.69 Å². The summed E-state index contributed by atoms with van der Waals surface area (Å²) in [6.07, 6.45) is -0.684. The predicted octanol–water partition coefficient (Wildman–Crippen LogP) is 0.913. The fourth-order valence-corrected chi connectivity index (χ4v) is 1.45. The minimum Gasteiger partial charge on any atom is -0.497 e. The van der Waals surface area contributed by atoms with Gasteiger partial charge in [-0.15, -0.1) is 0 Å². The molecule has 0 saturated carbocycles. The molecule has 0 aliphatic carbocycles. The standard InChI is InChI=1S/C13H18N2O4/c1-8(19-9(2)16)12(14)13(17)15-10-4-6-11(18-3)7-5-10/h4-8,12H,14H2,1-3H3,(H,15,17). The Bertz CT molecular complexity index is 444. The summed E-state index contributed by atoms with van der Waals surface area (Å²) in [6.45, 7) is 2.84. The van der Waals surface area contributed by atoms with E-state index < -0.39 is 24.0 Å². The summed E-state index contributed by atoms with van der Waals surface area (Å²) < 4.78 is 9.87. The molecule has 1 aromatic rings. The van der Waals surface area contributed by atoms with Crippen LogP contribution in [0.25, 0.3) is 0 Å². The van der Waals surface area contributed by atoms with E-state index >= 15 is 0 Å². The first-order chi connectivity index (χ1) is 8.93. The summed E-state index contributed by atoms with van der Waals surface area (Å²) >= 11 is 0. The SMILES string of the molecule is COc1ccc(NC(=O)C(N)C(C)OC(C)=O)cc1. The number of anilines is 1. The van der Waals surface area contributed by atoms with Crippen molar-refractivity contribution in [3.8, 4) is 5.75 Å². The van der Waals surface area contributed by atoms with Crippen LogP contribution in [0.15, 0.2) is 24.3 Å². The van der Waals surface area contributed by atoms with E-state index in [2.05, 4.69) is 5.32 Å². The van der Waals surface area contributed by atoms with Crippen molar-refractivity contribution in [2.24, 2.45) is 5.73 Å². The second-order valence-corrected chi connectivity index (χ2v) is 4.06. The largest absolute Gasteiger partial charge is 0.497 e. The Kier molecular flexibility index (Phi) is 5.32. The average Bonchev–Trinajstić information content (AvgIpc) is 2.37. The monoisotopic (exact) mass is 266 g/mol. The lowest BCUT2D eigenvalue weighted by Gasteiger charge is -2.19. The van der Waals surface area contributed by atoms with Crippen LogP contribution in [0.3, 0.4) is 0 Å². The minimum absolute atomic E-state index is 0.418. The number of methoxy groups -OCH3 is 1. The van der Waals surface area contributed by atoms with Crippen LogP contribution in [0, 0.1) is 0 Å². The van der Waals surface area contributed by atoms with E-state index in [0.717, 1.165) is 0 Å².